The number of allylic oxidation sites excluding steroid dienone is 1. The zero-order valence-electron chi connectivity index (χ0n) is 10.7. The number of aromatic nitrogens is 1. The number of hydrogen-bond acceptors (Lipinski definition) is 4. The summed E-state index contributed by atoms with van der Waals surface area (Å²) >= 11 is 1.31. The Morgan fingerprint density at radius 1 is 1.19 bits per heavy atom. The zero-order valence-corrected chi connectivity index (χ0v) is 11.6. The molecule has 1 aromatic heterocycles. The third-order valence-electron chi connectivity index (χ3n) is 2.95. The Hall–Kier alpha value is -2.71. The van der Waals surface area contributed by atoms with Gasteiger partial charge in [0.2, 0.25) is 0 Å². The van der Waals surface area contributed by atoms with Crippen molar-refractivity contribution in [1.29, 1.82) is 5.26 Å². The van der Waals surface area contributed by atoms with Crippen molar-refractivity contribution in [1.82, 2.24) is 4.98 Å². The minimum absolute atomic E-state index is 0.0433. The van der Waals surface area contributed by atoms with Crippen LogP contribution in [0.5, 0.6) is 0 Å². The number of aliphatic hydroxyl groups excluding tert-OH is 1. The summed E-state index contributed by atoms with van der Waals surface area (Å²) in [6.45, 7) is 0. The van der Waals surface area contributed by atoms with E-state index in [9.17, 15) is 14.8 Å². The first-order chi connectivity index (χ1) is 10.2. The second kappa shape index (κ2) is 5.35. The lowest BCUT2D eigenvalue weighted by Crippen LogP contribution is -1.90. The number of halogens is 1. The molecule has 0 bridgehead atoms. The van der Waals surface area contributed by atoms with Gasteiger partial charge >= 0.3 is 0 Å². The molecule has 1 heterocycles. The molecule has 0 atom stereocenters. The predicted octanol–water partition coefficient (Wildman–Crippen LogP) is 4.39. The fourth-order valence-electron chi connectivity index (χ4n) is 1.96. The molecule has 3 nitrogen and oxygen atoms in total. The predicted molar refractivity (Wildman–Crippen MR) is 81.1 cm³/mol. The Balaban J connectivity index is 2.17. The van der Waals surface area contributed by atoms with Crippen molar-refractivity contribution in [2.75, 3.05) is 0 Å². The molecule has 0 amide bonds. The Labute approximate surface area is 124 Å². The Morgan fingerprint density at radius 3 is 2.71 bits per heavy atom. The molecule has 0 saturated carbocycles. The van der Waals surface area contributed by atoms with Gasteiger partial charge < -0.3 is 5.11 Å². The highest BCUT2D eigenvalue weighted by Crippen LogP contribution is 2.30. The number of benzene rings is 2. The fourth-order valence-corrected chi connectivity index (χ4v) is 2.92. The van der Waals surface area contributed by atoms with Crippen molar-refractivity contribution in [3.05, 3.63) is 64.9 Å². The van der Waals surface area contributed by atoms with E-state index in [1.165, 1.54) is 29.5 Å². The summed E-state index contributed by atoms with van der Waals surface area (Å²) < 4.78 is 14.2. The number of thiazole rings is 1. The molecule has 0 aliphatic heterocycles. The van der Waals surface area contributed by atoms with E-state index in [1.54, 1.807) is 6.07 Å². The van der Waals surface area contributed by atoms with Crippen LogP contribution in [-0.4, -0.2) is 10.1 Å². The van der Waals surface area contributed by atoms with Crippen molar-refractivity contribution >= 4 is 32.9 Å². The molecule has 0 radical (unpaired) electrons. The number of para-hydroxylation sites is 1. The smallest absolute Gasteiger partial charge is 0.143 e. The first-order valence-electron chi connectivity index (χ1n) is 6.14. The first kappa shape index (κ1) is 13.3. The van der Waals surface area contributed by atoms with Crippen LogP contribution < -0.4 is 0 Å². The van der Waals surface area contributed by atoms with Crippen molar-refractivity contribution in [3.63, 3.8) is 0 Å². The van der Waals surface area contributed by atoms with Crippen LogP contribution in [0.3, 0.4) is 0 Å². The van der Waals surface area contributed by atoms with Gasteiger partial charge in [0.1, 0.15) is 28.2 Å². The van der Waals surface area contributed by atoms with E-state index >= 15 is 0 Å². The monoisotopic (exact) mass is 296 g/mol. The van der Waals surface area contributed by atoms with Gasteiger partial charge in [-0.3, -0.25) is 0 Å². The lowest BCUT2D eigenvalue weighted by Gasteiger charge is -2.02. The Kier molecular flexibility index (Phi) is 3.38. The molecule has 5 heteroatoms. The molecule has 0 unspecified atom stereocenters. The van der Waals surface area contributed by atoms with Crippen LogP contribution in [0.25, 0.3) is 21.5 Å². The summed E-state index contributed by atoms with van der Waals surface area (Å²) in [6.07, 6.45) is 0. The number of rotatable bonds is 2. The molecule has 21 heavy (non-hydrogen) atoms. The molecular formula is C16H9FN2OS. The molecule has 1 N–H and O–H groups in total. The Morgan fingerprint density at radius 2 is 2.00 bits per heavy atom. The van der Waals surface area contributed by atoms with E-state index in [2.05, 4.69) is 4.98 Å². The van der Waals surface area contributed by atoms with Crippen LogP contribution in [0.1, 0.15) is 10.6 Å². The van der Waals surface area contributed by atoms with Crippen LogP contribution in [-0.2, 0) is 0 Å². The van der Waals surface area contributed by atoms with Crippen molar-refractivity contribution < 1.29 is 9.50 Å². The van der Waals surface area contributed by atoms with Crippen LogP contribution in [0, 0.1) is 17.1 Å². The molecule has 0 spiro atoms. The van der Waals surface area contributed by atoms with Crippen LogP contribution >= 0.6 is 11.3 Å². The first-order valence-corrected chi connectivity index (χ1v) is 6.96. The van der Waals surface area contributed by atoms with Crippen molar-refractivity contribution in [2.45, 2.75) is 0 Å². The minimum atomic E-state index is -0.472. The largest absolute Gasteiger partial charge is 0.506 e. The average Bonchev–Trinajstić information content (AvgIpc) is 2.91. The van der Waals surface area contributed by atoms with Gasteiger partial charge in [-0.15, -0.1) is 11.3 Å². The van der Waals surface area contributed by atoms with E-state index in [-0.39, 0.29) is 16.9 Å². The second-order valence-corrected chi connectivity index (χ2v) is 5.36. The summed E-state index contributed by atoms with van der Waals surface area (Å²) in [4.78, 5) is 4.34. The third-order valence-corrected chi connectivity index (χ3v) is 4.01. The molecule has 0 aliphatic rings. The van der Waals surface area contributed by atoms with Crippen molar-refractivity contribution in [2.24, 2.45) is 0 Å². The number of fused-ring (bicyclic) bond motifs is 1. The van der Waals surface area contributed by atoms with Crippen LogP contribution in [0.2, 0.25) is 0 Å². The minimum Gasteiger partial charge on any atom is -0.506 e. The summed E-state index contributed by atoms with van der Waals surface area (Å²) in [7, 11) is 0. The highest BCUT2D eigenvalue weighted by molar-refractivity contribution is 7.19. The molecule has 0 aliphatic carbocycles. The maximum Gasteiger partial charge on any atom is 0.143 e. The van der Waals surface area contributed by atoms with Gasteiger partial charge in [-0.25, -0.2) is 9.37 Å². The summed E-state index contributed by atoms with van der Waals surface area (Å²) in [5.41, 5.74) is 1.06. The number of nitriles is 1. The van der Waals surface area contributed by atoms with Gasteiger partial charge in [0.15, 0.2) is 0 Å². The lowest BCUT2D eigenvalue weighted by atomic mass is 10.1. The van der Waals surface area contributed by atoms with E-state index in [0.29, 0.717) is 5.01 Å². The molecule has 0 saturated heterocycles. The molecule has 0 fully saturated rings. The third kappa shape index (κ3) is 2.49. The van der Waals surface area contributed by atoms with E-state index in [4.69, 9.17) is 0 Å². The molecule has 2 aromatic carbocycles. The quantitative estimate of drug-likeness (QED) is 0.564. The van der Waals surface area contributed by atoms with Gasteiger partial charge in [-0.1, -0.05) is 24.3 Å². The lowest BCUT2D eigenvalue weighted by molar-refractivity contribution is 0.512. The standard InChI is InChI=1S/C16H9FN2OS/c17-11-5-3-4-10(8-11)15(20)12(9-18)16-19-13-6-1-2-7-14(13)21-16/h1-8,20H/b15-12-. The molecule has 102 valence electrons. The Bertz CT molecular complexity index is 859. The number of nitrogens with zero attached hydrogens (tertiary/aromatic N) is 2. The van der Waals surface area contributed by atoms with Crippen LogP contribution in [0.4, 0.5) is 4.39 Å². The average molecular weight is 296 g/mol. The normalized spacial score (nSPS) is 12.0. The van der Waals surface area contributed by atoms with Crippen molar-refractivity contribution in [3.8, 4) is 6.07 Å². The van der Waals surface area contributed by atoms with Gasteiger partial charge in [0.25, 0.3) is 0 Å². The summed E-state index contributed by atoms with van der Waals surface area (Å²) in [5, 5.41) is 20.0. The highest BCUT2D eigenvalue weighted by atomic mass is 32.1. The number of hydrogen-bond donors (Lipinski definition) is 1. The van der Waals surface area contributed by atoms with E-state index in [0.717, 1.165) is 10.2 Å². The van der Waals surface area contributed by atoms with E-state index < -0.39 is 5.82 Å². The van der Waals surface area contributed by atoms with Gasteiger partial charge in [0, 0.05) is 5.56 Å². The molecular weight excluding hydrogens is 287 g/mol. The molecule has 3 rings (SSSR count). The maximum absolute atomic E-state index is 13.2. The highest BCUT2D eigenvalue weighted by Gasteiger charge is 2.15. The molecule has 3 aromatic rings. The summed E-state index contributed by atoms with van der Waals surface area (Å²) in [6, 6.07) is 14.9. The van der Waals surface area contributed by atoms with Gasteiger partial charge in [0.05, 0.1) is 10.2 Å². The fraction of sp³-hybridized carbons (Fsp3) is 0. The van der Waals surface area contributed by atoms with Gasteiger partial charge in [-0.2, -0.15) is 5.26 Å². The SMILES string of the molecule is N#C/C(=C(/O)c1cccc(F)c1)c1nc2ccccc2s1. The zero-order chi connectivity index (χ0) is 14.8. The summed E-state index contributed by atoms with van der Waals surface area (Å²) in [5.74, 6) is -0.739. The number of aliphatic hydroxyl groups is 1. The topological polar surface area (TPSA) is 56.9 Å². The van der Waals surface area contributed by atoms with Gasteiger partial charge in [-0.05, 0) is 24.3 Å². The maximum atomic E-state index is 13.2. The van der Waals surface area contributed by atoms with Crippen LogP contribution in [0.15, 0.2) is 48.5 Å². The second-order valence-electron chi connectivity index (χ2n) is 4.33. The van der Waals surface area contributed by atoms with E-state index in [1.807, 2.05) is 30.3 Å².